The number of aliphatic imine (C=N–C) groups is 1. The molecule has 0 fully saturated rings. The Morgan fingerprint density at radius 3 is 2.57 bits per heavy atom. The summed E-state index contributed by atoms with van der Waals surface area (Å²) in [4.78, 5) is 28.0. The Kier molecular flexibility index (Phi) is 6.11. The number of rotatable bonds is 6. The lowest BCUT2D eigenvalue weighted by molar-refractivity contribution is -0.134. The van der Waals surface area contributed by atoms with Crippen LogP contribution < -0.4 is 9.47 Å². The predicted octanol–water partition coefficient (Wildman–Crippen LogP) is 4.40. The zero-order valence-corrected chi connectivity index (χ0v) is 16.2. The molecule has 1 aliphatic heterocycles. The highest BCUT2D eigenvalue weighted by Gasteiger charge is 2.24. The van der Waals surface area contributed by atoms with Crippen molar-refractivity contribution in [2.75, 3.05) is 6.61 Å². The van der Waals surface area contributed by atoms with Crippen molar-refractivity contribution in [3.63, 3.8) is 0 Å². The number of hydrogen-bond acceptors (Lipinski definition) is 6. The average molecular weight is 400 g/mol. The largest absolute Gasteiger partial charge is 0.490 e. The second-order valence-electron chi connectivity index (χ2n) is 5.81. The number of ether oxygens (including phenoxy) is 3. The molecule has 144 valence electrons. The Morgan fingerprint density at radius 1 is 1.14 bits per heavy atom. The third kappa shape index (κ3) is 4.58. The molecule has 0 amide bonds. The van der Waals surface area contributed by atoms with Crippen LogP contribution in [0.5, 0.6) is 11.5 Å². The Bertz CT molecular complexity index is 963. The lowest BCUT2D eigenvalue weighted by Gasteiger charge is -2.10. The third-order valence-electron chi connectivity index (χ3n) is 3.80. The quantitative estimate of drug-likeness (QED) is 0.409. The number of carbonyl (C=O) groups is 2. The van der Waals surface area contributed by atoms with E-state index in [0.717, 1.165) is 0 Å². The van der Waals surface area contributed by atoms with Gasteiger partial charge in [0.25, 0.3) is 0 Å². The first-order valence-corrected chi connectivity index (χ1v) is 9.14. The fourth-order valence-corrected chi connectivity index (χ4v) is 2.57. The second-order valence-corrected chi connectivity index (χ2v) is 6.25. The first-order chi connectivity index (χ1) is 13.5. The lowest BCUT2D eigenvalue weighted by Crippen LogP contribution is -2.07. The van der Waals surface area contributed by atoms with Crippen LogP contribution in [0.2, 0.25) is 5.02 Å². The van der Waals surface area contributed by atoms with Crippen molar-refractivity contribution < 1.29 is 23.8 Å². The summed E-state index contributed by atoms with van der Waals surface area (Å²) in [5.74, 6) is 0.0431. The summed E-state index contributed by atoms with van der Waals surface area (Å²) < 4.78 is 16.0. The minimum atomic E-state index is -0.551. The van der Waals surface area contributed by atoms with Crippen molar-refractivity contribution in [3.05, 3.63) is 64.3 Å². The van der Waals surface area contributed by atoms with Gasteiger partial charge in [-0.15, -0.1) is 0 Å². The number of halogens is 1. The van der Waals surface area contributed by atoms with E-state index >= 15 is 0 Å². The number of esters is 2. The molecule has 1 heterocycles. The maximum absolute atomic E-state index is 12.2. The van der Waals surface area contributed by atoms with E-state index in [2.05, 4.69) is 4.99 Å². The van der Waals surface area contributed by atoms with Gasteiger partial charge in [0.05, 0.1) is 6.61 Å². The maximum atomic E-state index is 12.2. The second kappa shape index (κ2) is 8.71. The van der Waals surface area contributed by atoms with Crippen LogP contribution in [-0.4, -0.2) is 24.4 Å². The van der Waals surface area contributed by atoms with Gasteiger partial charge in [-0.3, -0.25) is 4.79 Å². The van der Waals surface area contributed by atoms with E-state index in [-0.39, 0.29) is 24.0 Å². The van der Waals surface area contributed by atoms with Gasteiger partial charge in [0, 0.05) is 17.0 Å². The van der Waals surface area contributed by atoms with E-state index in [1.807, 2.05) is 6.92 Å². The van der Waals surface area contributed by atoms with Crippen molar-refractivity contribution in [2.24, 2.45) is 4.99 Å². The molecular formula is C21H18ClNO5. The first-order valence-electron chi connectivity index (χ1n) is 8.76. The molecule has 3 rings (SSSR count). The molecule has 0 bridgehead atoms. The number of nitrogens with zero attached hydrogens (tertiary/aromatic N) is 1. The van der Waals surface area contributed by atoms with Gasteiger partial charge in [0.15, 0.2) is 17.2 Å². The molecule has 0 unspecified atom stereocenters. The van der Waals surface area contributed by atoms with Crippen LogP contribution in [0.25, 0.3) is 6.08 Å². The van der Waals surface area contributed by atoms with Gasteiger partial charge in [-0.1, -0.05) is 24.6 Å². The molecule has 0 atom stereocenters. The van der Waals surface area contributed by atoms with Crippen molar-refractivity contribution in [1.82, 2.24) is 0 Å². The van der Waals surface area contributed by atoms with Crippen LogP contribution in [0.15, 0.2) is 53.2 Å². The Labute approximate surface area is 167 Å². The van der Waals surface area contributed by atoms with Gasteiger partial charge in [-0.25, -0.2) is 9.79 Å². The molecule has 0 radical (unpaired) electrons. The smallest absolute Gasteiger partial charge is 0.363 e. The van der Waals surface area contributed by atoms with E-state index in [0.29, 0.717) is 34.3 Å². The topological polar surface area (TPSA) is 74.2 Å². The summed E-state index contributed by atoms with van der Waals surface area (Å²) in [6, 6.07) is 11.8. The number of hydrogen-bond donors (Lipinski definition) is 0. The van der Waals surface area contributed by atoms with Gasteiger partial charge in [-0.05, 0) is 55.0 Å². The lowest BCUT2D eigenvalue weighted by atomic mass is 10.1. The highest BCUT2D eigenvalue weighted by molar-refractivity contribution is 6.30. The Morgan fingerprint density at radius 2 is 1.89 bits per heavy atom. The van der Waals surface area contributed by atoms with Crippen LogP contribution in [-0.2, 0) is 14.3 Å². The first kappa shape index (κ1) is 19.6. The van der Waals surface area contributed by atoms with Gasteiger partial charge >= 0.3 is 11.9 Å². The molecule has 6 nitrogen and oxygen atoms in total. The number of carbonyl (C=O) groups excluding carboxylic acids is 2. The molecule has 2 aromatic rings. The maximum Gasteiger partial charge on any atom is 0.363 e. The Balaban J connectivity index is 1.89. The number of cyclic esters (lactones) is 1. The highest BCUT2D eigenvalue weighted by atomic mass is 35.5. The fraction of sp³-hybridized carbons (Fsp3) is 0.190. The molecular weight excluding hydrogens is 382 g/mol. The SMILES string of the molecule is CCOc1cc(C=C2N=C(c3ccc(Cl)cc3)OC2=O)ccc1OC(=O)CC. The van der Waals surface area contributed by atoms with Crippen LogP contribution >= 0.6 is 11.6 Å². The summed E-state index contributed by atoms with van der Waals surface area (Å²) in [7, 11) is 0. The van der Waals surface area contributed by atoms with Crippen molar-refractivity contribution in [3.8, 4) is 11.5 Å². The molecule has 28 heavy (non-hydrogen) atoms. The molecule has 1 aliphatic rings. The molecule has 2 aromatic carbocycles. The minimum Gasteiger partial charge on any atom is -0.490 e. The molecule has 0 spiro atoms. The van der Waals surface area contributed by atoms with Gasteiger partial charge in [-0.2, -0.15) is 0 Å². The van der Waals surface area contributed by atoms with Crippen LogP contribution in [0.1, 0.15) is 31.4 Å². The zero-order valence-electron chi connectivity index (χ0n) is 15.4. The number of benzene rings is 2. The average Bonchev–Trinajstić information content (AvgIpc) is 3.05. The third-order valence-corrected chi connectivity index (χ3v) is 4.05. The summed E-state index contributed by atoms with van der Waals surface area (Å²) in [5.41, 5.74) is 1.47. The molecule has 0 aromatic heterocycles. The standard InChI is InChI=1S/C21H18ClNO5/c1-3-19(24)27-17-10-5-13(12-18(17)26-4-2)11-16-21(25)28-20(23-16)14-6-8-15(22)9-7-14/h5-12H,3-4H2,1-2H3. The van der Waals surface area contributed by atoms with Gasteiger partial charge < -0.3 is 14.2 Å². The van der Waals surface area contributed by atoms with Gasteiger partial charge in [0.1, 0.15) is 0 Å². The summed E-state index contributed by atoms with van der Waals surface area (Å²) in [5, 5.41) is 0.580. The monoisotopic (exact) mass is 399 g/mol. The Hall–Kier alpha value is -3.12. The molecule has 0 N–H and O–H groups in total. The molecule has 0 saturated carbocycles. The summed E-state index contributed by atoms with van der Waals surface area (Å²) in [6.07, 6.45) is 1.84. The minimum absolute atomic E-state index is 0.158. The van der Waals surface area contributed by atoms with Crippen molar-refractivity contribution in [1.29, 1.82) is 0 Å². The fourth-order valence-electron chi connectivity index (χ4n) is 2.44. The van der Waals surface area contributed by atoms with E-state index in [4.69, 9.17) is 25.8 Å². The highest BCUT2D eigenvalue weighted by Crippen LogP contribution is 2.30. The van der Waals surface area contributed by atoms with Crippen molar-refractivity contribution in [2.45, 2.75) is 20.3 Å². The van der Waals surface area contributed by atoms with E-state index < -0.39 is 5.97 Å². The van der Waals surface area contributed by atoms with Crippen LogP contribution in [0, 0.1) is 0 Å². The van der Waals surface area contributed by atoms with E-state index in [1.54, 1.807) is 55.5 Å². The zero-order chi connectivity index (χ0) is 20.1. The van der Waals surface area contributed by atoms with Crippen molar-refractivity contribution >= 4 is 35.5 Å². The van der Waals surface area contributed by atoms with Crippen LogP contribution in [0.3, 0.4) is 0 Å². The molecule has 0 saturated heterocycles. The summed E-state index contributed by atoms with van der Waals surface area (Å²) in [6.45, 7) is 3.94. The van der Waals surface area contributed by atoms with E-state index in [1.165, 1.54) is 0 Å². The summed E-state index contributed by atoms with van der Waals surface area (Å²) >= 11 is 5.87. The normalized spacial score (nSPS) is 14.6. The predicted molar refractivity (Wildman–Crippen MR) is 106 cm³/mol. The van der Waals surface area contributed by atoms with E-state index in [9.17, 15) is 9.59 Å². The van der Waals surface area contributed by atoms with Crippen LogP contribution in [0.4, 0.5) is 0 Å². The molecule has 0 aliphatic carbocycles. The molecule has 7 heteroatoms. The van der Waals surface area contributed by atoms with Gasteiger partial charge in [0.2, 0.25) is 5.90 Å².